The Morgan fingerprint density at radius 2 is 1.95 bits per heavy atom. The fourth-order valence-corrected chi connectivity index (χ4v) is 2.00. The third kappa shape index (κ3) is 1.91. The van der Waals surface area contributed by atoms with E-state index in [1.165, 1.54) is 29.1 Å². The van der Waals surface area contributed by atoms with Crippen LogP contribution in [0.5, 0.6) is 0 Å². The van der Waals surface area contributed by atoms with Gasteiger partial charge in [0.2, 0.25) is 0 Å². The van der Waals surface area contributed by atoms with Crippen LogP contribution in [0.2, 0.25) is 0 Å². The van der Waals surface area contributed by atoms with Crippen LogP contribution in [0.15, 0.2) is 42.7 Å². The molecular formula is C14H8F2N2O2. The van der Waals surface area contributed by atoms with E-state index in [0.29, 0.717) is 11.0 Å². The lowest BCUT2D eigenvalue weighted by atomic mass is 10.2. The van der Waals surface area contributed by atoms with Crippen molar-refractivity contribution in [3.63, 3.8) is 0 Å². The zero-order valence-corrected chi connectivity index (χ0v) is 10.0. The lowest BCUT2D eigenvalue weighted by molar-refractivity contribution is 0.0697. The molecule has 0 atom stereocenters. The van der Waals surface area contributed by atoms with Crippen LogP contribution in [-0.4, -0.2) is 20.6 Å². The zero-order chi connectivity index (χ0) is 14.3. The largest absolute Gasteiger partial charge is 0.478 e. The Labute approximate surface area is 111 Å². The number of carboxylic acids is 1. The Morgan fingerprint density at radius 3 is 2.70 bits per heavy atom. The van der Waals surface area contributed by atoms with Crippen molar-refractivity contribution in [1.29, 1.82) is 0 Å². The number of aromatic nitrogens is 2. The number of hydrogen-bond donors (Lipinski definition) is 1. The van der Waals surface area contributed by atoms with Crippen LogP contribution in [0.3, 0.4) is 0 Å². The van der Waals surface area contributed by atoms with Gasteiger partial charge in [-0.25, -0.2) is 18.6 Å². The lowest BCUT2D eigenvalue weighted by Gasteiger charge is -2.06. The first-order valence-electron chi connectivity index (χ1n) is 5.72. The van der Waals surface area contributed by atoms with Crippen LogP contribution in [0, 0.1) is 11.6 Å². The minimum absolute atomic E-state index is 0.0185. The molecule has 3 rings (SSSR count). The van der Waals surface area contributed by atoms with Gasteiger partial charge in [-0.15, -0.1) is 0 Å². The molecule has 0 unspecified atom stereocenters. The van der Waals surface area contributed by atoms with Crippen LogP contribution < -0.4 is 0 Å². The Balaban J connectivity index is 2.28. The van der Waals surface area contributed by atoms with E-state index in [2.05, 4.69) is 4.98 Å². The molecule has 0 saturated heterocycles. The highest BCUT2D eigenvalue weighted by atomic mass is 19.1. The van der Waals surface area contributed by atoms with Crippen molar-refractivity contribution >= 4 is 17.0 Å². The van der Waals surface area contributed by atoms with Gasteiger partial charge in [0.05, 0.1) is 22.3 Å². The fourth-order valence-electron chi connectivity index (χ4n) is 2.00. The standard InChI is InChI=1S/C14H8F2N2O2/c15-9-2-3-10(16)12(6-9)18-7-17-11-4-1-8(14(19)20)5-13(11)18/h1-7H,(H,19,20). The number of halogens is 2. The van der Waals surface area contributed by atoms with Gasteiger partial charge in [-0.1, -0.05) is 0 Å². The predicted octanol–water partition coefficient (Wildman–Crippen LogP) is 3.00. The van der Waals surface area contributed by atoms with Gasteiger partial charge in [-0.3, -0.25) is 4.57 Å². The van der Waals surface area contributed by atoms with Crippen LogP contribution in [0.25, 0.3) is 16.7 Å². The van der Waals surface area contributed by atoms with E-state index in [1.807, 2.05) is 0 Å². The molecule has 2 aromatic carbocycles. The molecule has 0 spiro atoms. The molecule has 3 aromatic rings. The van der Waals surface area contributed by atoms with Crippen molar-refractivity contribution in [1.82, 2.24) is 9.55 Å². The summed E-state index contributed by atoms with van der Waals surface area (Å²) in [7, 11) is 0. The van der Waals surface area contributed by atoms with E-state index in [9.17, 15) is 13.6 Å². The van der Waals surface area contributed by atoms with Crippen molar-refractivity contribution in [2.45, 2.75) is 0 Å². The van der Waals surface area contributed by atoms with Gasteiger partial charge in [0.1, 0.15) is 18.0 Å². The number of carboxylic acid groups (broad SMARTS) is 1. The summed E-state index contributed by atoms with van der Waals surface area (Å²) in [5.74, 6) is -2.30. The third-order valence-electron chi connectivity index (χ3n) is 2.96. The normalized spacial score (nSPS) is 10.9. The van der Waals surface area contributed by atoms with Gasteiger partial charge < -0.3 is 5.11 Å². The molecule has 0 aliphatic carbocycles. The van der Waals surface area contributed by atoms with E-state index < -0.39 is 17.6 Å². The molecule has 0 saturated carbocycles. The number of fused-ring (bicyclic) bond motifs is 1. The smallest absolute Gasteiger partial charge is 0.335 e. The maximum atomic E-state index is 13.8. The summed E-state index contributed by atoms with van der Waals surface area (Å²) in [6.07, 6.45) is 1.33. The molecule has 1 aromatic heterocycles. The van der Waals surface area contributed by atoms with Crippen molar-refractivity contribution in [3.05, 3.63) is 59.9 Å². The number of nitrogens with zero attached hydrogens (tertiary/aromatic N) is 2. The van der Waals surface area contributed by atoms with E-state index in [4.69, 9.17) is 5.11 Å². The number of benzene rings is 2. The molecule has 0 fully saturated rings. The molecule has 20 heavy (non-hydrogen) atoms. The summed E-state index contributed by atoms with van der Waals surface area (Å²) in [4.78, 5) is 15.0. The summed E-state index contributed by atoms with van der Waals surface area (Å²) in [6, 6.07) is 7.35. The molecule has 1 N–H and O–H groups in total. The Hall–Kier alpha value is -2.76. The van der Waals surface area contributed by atoms with E-state index in [1.54, 1.807) is 0 Å². The number of rotatable bonds is 2. The SMILES string of the molecule is O=C(O)c1ccc2ncn(-c3cc(F)ccc3F)c2c1. The average molecular weight is 274 g/mol. The van der Waals surface area contributed by atoms with Crippen molar-refractivity contribution in [3.8, 4) is 5.69 Å². The van der Waals surface area contributed by atoms with Crippen LogP contribution in [-0.2, 0) is 0 Å². The van der Waals surface area contributed by atoms with Crippen molar-refractivity contribution < 1.29 is 18.7 Å². The number of imidazole rings is 1. The monoisotopic (exact) mass is 274 g/mol. The highest BCUT2D eigenvalue weighted by Gasteiger charge is 2.12. The fraction of sp³-hybridized carbons (Fsp3) is 0. The quantitative estimate of drug-likeness (QED) is 0.781. The Bertz CT molecular complexity index is 827. The van der Waals surface area contributed by atoms with Gasteiger partial charge in [0, 0.05) is 6.07 Å². The van der Waals surface area contributed by atoms with Gasteiger partial charge in [0.25, 0.3) is 0 Å². The van der Waals surface area contributed by atoms with E-state index >= 15 is 0 Å². The maximum absolute atomic E-state index is 13.8. The van der Waals surface area contributed by atoms with Crippen molar-refractivity contribution in [2.24, 2.45) is 0 Å². The maximum Gasteiger partial charge on any atom is 0.335 e. The third-order valence-corrected chi connectivity index (χ3v) is 2.96. The molecule has 4 nitrogen and oxygen atoms in total. The zero-order valence-electron chi connectivity index (χ0n) is 10.0. The second-order valence-electron chi connectivity index (χ2n) is 4.22. The first kappa shape index (κ1) is 12.3. The van der Waals surface area contributed by atoms with Gasteiger partial charge in [-0.2, -0.15) is 0 Å². The van der Waals surface area contributed by atoms with Crippen molar-refractivity contribution in [2.75, 3.05) is 0 Å². The number of hydrogen-bond acceptors (Lipinski definition) is 2. The predicted molar refractivity (Wildman–Crippen MR) is 67.9 cm³/mol. The van der Waals surface area contributed by atoms with E-state index in [0.717, 1.165) is 18.2 Å². The Morgan fingerprint density at radius 1 is 1.15 bits per heavy atom. The lowest BCUT2D eigenvalue weighted by Crippen LogP contribution is -1.99. The van der Waals surface area contributed by atoms with Crippen LogP contribution in [0.1, 0.15) is 10.4 Å². The second kappa shape index (κ2) is 4.41. The van der Waals surface area contributed by atoms with Crippen LogP contribution >= 0.6 is 0 Å². The molecule has 1 heterocycles. The highest BCUT2D eigenvalue weighted by Crippen LogP contribution is 2.22. The summed E-state index contributed by atoms with van der Waals surface area (Å²) < 4.78 is 28.4. The van der Waals surface area contributed by atoms with Gasteiger partial charge in [-0.05, 0) is 30.3 Å². The second-order valence-corrected chi connectivity index (χ2v) is 4.22. The topological polar surface area (TPSA) is 55.1 Å². The minimum atomic E-state index is -1.10. The van der Waals surface area contributed by atoms with Gasteiger partial charge >= 0.3 is 5.97 Å². The number of carbonyl (C=O) groups is 1. The molecule has 0 aliphatic rings. The summed E-state index contributed by atoms with van der Waals surface area (Å²) in [5, 5.41) is 8.98. The van der Waals surface area contributed by atoms with Crippen LogP contribution in [0.4, 0.5) is 8.78 Å². The molecular weight excluding hydrogens is 266 g/mol. The first-order valence-corrected chi connectivity index (χ1v) is 5.72. The summed E-state index contributed by atoms with van der Waals surface area (Å²) >= 11 is 0. The highest BCUT2D eigenvalue weighted by molar-refractivity contribution is 5.92. The van der Waals surface area contributed by atoms with Gasteiger partial charge in [0.15, 0.2) is 0 Å². The molecule has 6 heteroatoms. The molecule has 100 valence electrons. The molecule has 0 amide bonds. The average Bonchev–Trinajstić information content (AvgIpc) is 2.84. The van der Waals surface area contributed by atoms with E-state index in [-0.39, 0.29) is 11.3 Å². The number of aromatic carboxylic acids is 1. The molecule has 0 aliphatic heterocycles. The minimum Gasteiger partial charge on any atom is -0.478 e. The molecule has 0 radical (unpaired) electrons. The summed E-state index contributed by atoms with van der Waals surface area (Å²) in [5.41, 5.74) is 0.930. The summed E-state index contributed by atoms with van der Waals surface area (Å²) in [6.45, 7) is 0. The Kier molecular flexibility index (Phi) is 2.71. The first-order chi connectivity index (χ1) is 9.56. The molecule has 0 bridgehead atoms.